The third kappa shape index (κ3) is 2.34. The number of hydrogen-bond acceptors (Lipinski definition) is 6. The van der Waals surface area contributed by atoms with Crippen LogP contribution in [0.5, 0.6) is 0 Å². The van der Waals surface area contributed by atoms with Crippen LogP contribution in [0, 0.1) is 6.92 Å². The maximum absolute atomic E-state index is 9.13. The molecule has 0 aliphatic rings. The summed E-state index contributed by atoms with van der Waals surface area (Å²) in [5.74, 6) is 0.702. The van der Waals surface area contributed by atoms with E-state index in [9.17, 15) is 0 Å². The largest absolute Gasteiger partial charge is 0.395 e. The van der Waals surface area contributed by atoms with Crippen molar-refractivity contribution in [2.45, 2.75) is 6.92 Å². The number of aliphatic hydroxyl groups is 1. The highest BCUT2D eigenvalue weighted by Crippen LogP contribution is 2.33. The molecule has 3 rings (SSSR count). The van der Waals surface area contributed by atoms with E-state index in [4.69, 9.17) is 9.63 Å². The van der Waals surface area contributed by atoms with E-state index in [1.807, 2.05) is 43.1 Å². The number of aliphatic hydroxyl groups excluding tert-OH is 1. The molecule has 6 nitrogen and oxygen atoms in total. The third-order valence-electron chi connectivity index (χ3n) is 3.45. The number of hydrogen-bond donors (Lipinski definition) is 1. The minimum absolute atomic E-state index is 0.0486. The van der Waals surface area contributed by atoms with E-state index in [1.165, 1.54) is 6.33 Å². The molecule has 0 amide bonds. The van der Waals surface area contributed by atoms with E-state index in [0.717, 1.165) is 22.2 Å². The van der Waals surface area contributed by atoms with Crippen LogP contribution in [-0.4, -0.2) is 40.4 Å². The van der Waals surface area contributed by atoms with Gasteiger partial charge in [0.05, 0.1) is 6.61 Å². The first-order valence-electron chi connectivity index (χ1n) is 6.70. The maximum atomic E-state index is 9.13. The van der Waals surface area contributed by atoms with E-state index in [0.29, 0.717) is 18.1 Å². The van der Waals surface area contributed by atoms with E-state index in [2.05, 4.69) is 15.1 Å². The molecule has 2 heterocycles. The smallest absolute Gasteiger partial charge is 0.263 e. The van der Waals surface area contributed by atoms with Gasteiger partial charge in [-0.3, -0.25) is 0 Å². The quantitative estimate of drug-likeness (QED) is 0.790. The number of rotatable bonds is 4. The Bertz CT molecular complexity index is 769. The minimum atomic E-state index is 0.0486. The summed E-state index contributed by atoms with van der Waals surface area (Å²) in [6.07, 6.45) is 1.44. The van der Waals surface area contributed by atoms with Gasteiger partial charge < -0.3 is 14.5 Å². The lowest BCUT2D eigenvalue weighted by molar-refractivity contribution is 0.304. The van der Waals surface area contributed by atoms with Crippen LogP contribution in [0.3, 0.4) is 0 Å². The molecule has 0 radical (unpaired) electrons. The van der Waals surface area contributed by atoms with Crippen molar-refractivity contribution in [3.63, 3.8) is 0 Å². The summed E-state index contributed by atoms with van der Waals surface area (Å²) in [4.78, 5) is 10.3. The van der Waals surface area contributed by atoms with Crippen LogP contribution in [0.2, 0.25) is 0 Å². The average molecular weight is 284 g/mol. The van der Waals surface area contributed by atoms with Crippen molar-refractivity contribution in [1.82, 2.24) is 15.1 Å². The summed E-state index contributed by atoms with van der Waals surface area (Å²) in [6, 6.07) is 7.96. The molecule has 0 atom stereocenters. The van der Waals surface area contributed by atoms with Crippen LogP contribution >= 0.6 is 0 Å². The molecule has 0 saturated carbocycles. The number of likely N-dealkylation sites (N-methyl/N-ethyl adjacent to an activating group) is 1. The number of benzene rings is 1. The monoisotopic (exact) mass is 284 g/mol. The van der Waals surface area contributed by atoms with Gasteiger partial charge in [-0.1, -0.05) is 29.4 Å². The second-order valence-electron chi connectivity index (χ2n) is 4.87. The van der Waals surface area contributed by atoms with Gasteiger partial charge in [-0.05, 0) is 12.5 Å². The highest BCUT2D eigenvalue weighted by Gasteiger charge is 2.19. The van der Waals surface area contributed by atoms with Crippen LogP contribution < -0.4 is 4.90 Å². The Morgan fingerprint density at radius 1 is 1.24 bits per heavy atom. The zero-order chi connectivity index (χ0) is 14.8. The van der Waals surface area contributed by atoms with E-state index < -0.39 is 0 Å². The predicted octanol–water partition coefficient (Wildman–Crippen LogP) is 2.02. The first kappa shape index (κ1) is 13.5. The maximum Gasteiger partial charge on any atom is 0.263 e. The Hall–Kier alpha value is -2.47. The van der Waals surface area contributed by atoms with E-state index in [-0.39, 0.29) is 6.61 Å². The molecule has 21 heavy (non-hydrogen) atoms. The molecule has 0 saturated heterocycles. The second kappa shape index (κ2) is 5.49. The second-order valence-corrected chi connectivity index (χ2v) is 4.87. The number of anilines is 1. The minimum Gasteiger partial charge on any atom is -0.395 e. The molecule has 0 spiro atoms. The molecule has 0 aliphatic carbocycles. The third-order valence-corrected chi connectivity index (χ3v) is 3.45. The van der Waals surface area contributed by atoms with Crippen LogP contribution in [0.1, 0.15) is 5.56 Å². The summed E-state index contributed by atoms with van der Waals surface area (Å²) in [6.45, 7) is 2.55. The SMILES string of the molecule is Cc1ccccc1-c1noc2ncnc(N(C)CCO)c12. The Labute approximate surface area is 122 Å². The van der Waals surface area contributed by atoms with Crippen LogP contribution in [0.4, 0.5) is 5.82 Å². The molecular weight excluding hydrogens is 268 g/mol. The average Bonchev–Trinajstić information content (AvgIpc) is 2.92. The fourth-order valence-electron chi connectivity index (χ4n) is 2.34. The predicted molar refractivity (Wildman–Crippen MR) is 80.1 cm³/mol. The van der Waals surface area contributed by atoms with Gasteiger partial charge in [-0.2, -0.15) is 4.98 Å². The molecular formula is C15H16N4O2. The van der Waals surface area contributed by atoms with Crippen molar-refractivity contribution in [2.24, 2.45) is 0 Å². The lowest BCUT2D eigenvalue weighted by Crippen LogP contribution is -2.22. The van der Waals surface area contributed by atoms with E-state index in [1.54, 1.807) is 0 Å². The summed E-state index contributed by atoms with van der Waals surface area (Å²) in [5.41, 5.74) is 3.27. The Balaban J connectivity index is 2.23. The summed E-state index contributed by atoms with van der Waals surface area (Å²) >= 11 is 0. The van der Waals surface area contributed by atoms with Crippen molar-refractivity contribution in [2.75, 3.05) is 25.1 Å². The molecule has 6 heteroatoms. The van der Waals surface area contributed by atoms with Gasteiger partial charge in [0.25, 0.3) is 5.71 Å². The first-order chi connectivity index (χ1) is 10.2. The normalized spacial score (nSPS) is 11.0. The van der Waals surface area contributed by atoms with Crippen molar-refractivity contribution in [3.05, 3.63) is 36.2 Å². The molecule has 0 aliphatic heterocycles. The molecule has 0 unspecified atom stereocenters. The summed E-state index contributed by atoms with van der Waals surface area (Å²) in [7, 11) is 1.87. The highest BCUT2D eigenvalue weighted by molar-refractivity contribution is 5.98. The fraction of sp³-hybridized carbons (Fsp3) is 0.267. The molecule has 3 aromatic rings. The fourth-order valence-corrected chi connectivity index (χ4v) is 2.34. The van der Waals surface area contributed by atoms with Gasteiger partial charge in [-0.25, -0.2) is 4.98 Å². The summed E-state index contributed by atoms with van der Waals surface area (Å²) in [5, 5.41) is 14.1. The van der Waals surface area contributed by atoms with Crippen molar-refractivity contribution < 1.29 is 9.63 Å². The van der Waals surface area contributed by atoms with Crippen molar-refractivity contribution in [3.8, 4) is 11.3 Å². The van der Waals surface area contributed by atoms with Gasteiger partial charge in [0.2, 0.25) is 0 Å². The van der Waals surface area contributed by atoms with Crippen LogP contribution in [0.15, 0.2) is 35.1 Å². The Kier molecular flexibility index (Phi) is 3.53. The molecule has 1 aromatic carbocycles. The first-order valence-corrected chi connectivity index (χ1v) is 6.70. The standard InChI is InChI=1S/C15H16N4O2/c1-10-5-3-4-6-11(10)13-12-14(19(2)7-8-20)16-9-17-15(12)21-18-13/h3-6,9,20H,7-8H2,1-2H3. The van der Waals surface area contributed by atoms with Crippen LogP contribution in [0.25, 0.3) is 22.4 Å². The topological polar surface area (TPSA) is 75.3 Å². The van der Waals surface area contributed by atoms with Gasteiger partial charge in [-0.15, -0.1) is 0 Å². The molecule has 0 bridgehead atoms. The van der Waals surface area contributed by atoms with E-state index >= 15 is 0 Å². The highest BCUT2D eigenvalue weighted by atomic mass is 16.5. The van der Waals surface area contributed by atoms with Crippen molar-refractivity contribution >= 4 is 16.9 Å². The Morgan fingerprint density at radius 2 is 2.05 bits per heavy atom. The zero-order valence-corrected chi connectivity index (χ0v) is 11.9. The van der Waals surface area contributed by atoms with Crippen molar-refractivity contribution in [1.29, 1.82) is 0 Å². The summed E-state index contributed by atoms with van der Waals surface area (Å²) < 4.78 is 5.34. The molecule has 2 aromatic heterocycles. The molecule has 0 fully saturated rings. The number of aryl methyl sites for hydroxylation is 1. The van der Waals surface area contributed by atoms with Gasteiger partial charge in [0.15, 0.2) is 0 Å². The number of aromatic nitrogens is 3. The number of fused-ring (bicyclic) bond motifs is 1. The van der Waals surface area contributed by atoms with Gasteiger partial charge in [0, 0.05) is 19.2 Å². The van der Waals surface area contributed by atoms with Gasteiger partial charge in [0.1, 0.15) is 23.2 Å². The van der Waals surface area contributed by atoms with Gasteiger partial charge >= 0.3 is 0 Å². The lowest BCUT2D eigenvalue weighted by atomic mass is 10.0. The van der Waals surface area contributed by atoms with Crippen LogP contribution in [-0.2, 0) is 0 Å². The zero-order valence-electron chi connectivity index (χ0n) is 11.9. The molecule has 1 N–H and O–H groups in total. The number of nitrogens with zero attached hydrogens (tertiary/aromatic N) is 4. The molecule has 108 valence electrons. The lowest BCUT2D eigenvalue weighted by Gasteiger charge is -2.17. The Morgan fingerprint density at radius 3 is 2.81 bits per heavy atom.